The summed E-state index contributed by atoms with van der Waals surface area (Å²) in [6, 6.07) is 11.9. The number of hydrogen-bond donors (Lipinski definition) is 0. The highest BCUT2D eigenvalue weighted by atomic mass is 32.2. The number of hydrogen-bond acceptors (Lipinski definition) is 6. The summed E-state index contributed by atoms with van der Waals surface area (Å²) in [5.74, 6) is 1.49. The van der Waals surface area contributed by atoms with E-state index in [2.05, 4.69) is 44.7 Å². The molecule has 1 saturated heterocycles. The number of ether oxygens (including phenoxy) is 2. The Labute approximate surface area is 212 Å². The number of benzene rings is 2. The summed E-state index contributed by atoms with van der Waals surface area (Å²) >= 11 is 0.964. The zero-order chi connectivity index (χ0) is 25.3. The molecule has 1 unspecified atom stereocenters. The fourth-order valence-electron chi connectivity index (χ4n) is 5.14. The molecule has 7 heteroatoms. The molecule has 6 nitrogen and oxygen atoms in total. The molecule has 0 spiro atoms. The van der Waals surface area contributed by atoms with Crippen LogP contribution in [0.1, 0.15) is 56.7 Å². The highest BCUT2D eigenvalue weighted by Crippen LogP contribution is 2.46. The van der Waals surface area contributed by atoms with Gasteiger partial charge in [0.2, 0.25) is 0 Å². The van der Waals surface area contributed by atoms with Crippen molar-refractivity contribution in [2.75, 3.05) is 31.7 Å². The number of methoxy groups -OCH3 is 1. The maximum atomic E-state index is 13.1. The average molecular weight is 495 g/mol. The van der Waals surface area contributed by atoms with E-state index in [0.717, 1.165) is 41.6 Å². The van der Waals surface area contributed by atoms with Gasteiger partial charge in [-0.25, -0.2) is 0 Å². The highest BCUT2D eigenvalue weighted by Gasteiger charge is 2.37. The second-order valence-electron chi connectivity index (χ2n) is 9.81. The minimum atomic E-state index is -0.295. The Morgan fingerprint density at radius 2 is 1.89 bits per heavy atom. The topological polar surface area (TPSA) is 59.1 Å². The Morgan fingerprint density at radius 3 is 2.54 bits per heavy atom. The zero-order valence-corrected chi connectivity index (χ0v) is 22.2. The molecular formula is C28H34N2O4S. The van der Waals surface area contributed by atoms with Crippen molar-refractivity contribution in [3.8, 4) is 11.5 Å². The summed E-state index contributed by atoms with van der Waals surface area (Å²) in [4.78, 5) is 29.7. The molecule has 4 rings (SSSR count). The van der Waals surface area contributed by atoms with Gasteiger partial charge in [0.1, 0.15) is 18.1 Å². The lowest BCUT2D eigenvalue weighted by molar-refractivity contribution is -0.123. The number of carbonyl (C=O) groups is 2. The molecule has 2 amide bonds. The third-order valence-corrected chi connectivity index (χ3v) is 7.73. The lowest BCUT2D eigenvalue weighted by Crippen LogP contribution is -2.48. The summed E-state index contributed by atoms with van der Waals surface area (Å²) in [5, 5.41) is -0.280. The monoisotopic (exact) mass is 494 g/mol. The Hall–Kier alpha value is -2.93. The molecule has 0 saturated carbocycles. The lowest BCUT2D eigenvalue weighted by Gasteiger charge is -2.47. The van der Waals surface area contributed by atoms with Crippen LogP contribution in [0.25, 0.3) is 6.08 Å². The maximum Gasteiger partial charge on any atom is 0.293 e. The summed E-state index contributed by atoms with van der Waals surface area (Å²) in [7, 11) is 1.64. The van der Waals surface area contributed by atoms with Crippen LogP contribution in [0.2, 0.25) is 0 Å². The summed E-state index contributed by atoms with van der Waals surface area (Å²) < 4.78 is 11.4. The first-order valence-electron chi connectivity index (χ1n) is 12.1. The van der Waals surface area contributed by atoms with Gasteiger partial charge < -0.3 is 14.4 Å². The van der Waals surface area contributed by atoms with Crippen molar-refractivity contribution < 1.29 is 19.1 Å². The first-order valence-corrected chi connectivity index (χ1v) is 12.9. The van der Waals surface area contributed by atoms with E-state index in [1.807, 2.05) is 31.2 Å². The van der Waals surface area contributed by atoms with Gasteiger partial charge >= 0.3 is 0 Å². The van der Waals surface area contributed by atoms with E-state index >= 15 is 0 Å². The van der Waals surface area contributed by atoms with Gasteiger partial charge in [0.25, 0.3) is 11.1 Å². The van der Waals surface area contributed by atoms with E-state index in [1.165, 1.54) is 16.2 Å². The number of nitrogens with zero attached hydrogens (tertiary/aromatic N) is 2. The van der Waals surface area contributed by atoms with Crippen molar-refractivity contribution in [2.45, 2.75) is 52.5 Å². The third kappa shape index (κ3) is 5.06. The SMILES string of the molecule is CCN1c2cc(OC)c(/C=C3/SC(=O)N(CCOc4ccc(C)cc4)C3=O)cc2C(C)CC1(C)C. The van der Waals surface area contributed by atoms with Crippen LogP contribution in [0.4, 0.5) is 10.5 Å². The molecule has 2 aromatic rings. The molecule has 186 valence electrons. The molecule has 0 aromatic heterocycles. The van der Waals surface area contributed by atoms with Crippen LogP contribution >= 0.6 is 11.8 Å². The molecule has 2 heterocycles. The fraction of sp³-hybridized carbons (Fsp3) is 0.429. The number of imide groups is 1. The molecule has 2 aliphatic heterocycles. The number of amides is 2. The van der Waals surface area contributed by atoms with Crippen molar-refractivity contribution in [1.29, 1.82) is 0 Å². The van der Waals surface area contributed by atoms with Gasteiger partial charge in [0, 0.05) is 29.4 Å². The van der Waals surface area contributed by atoms with Crippen molar-refractivity contribution in [2.24, 2.45) is 0 Å². The molecule has 1 atom stereocenters. The minimum Gasteiger partial charge on any atom is -0.496 e. The van der Waals surface area contributed by atoms with Gasteiger partial charge in [-0.15, -0.1) is 0 Å². The first kappa shape index (κ1) is 25.2. The van der Waals surface area contributed by atoms with Gasteiger partial charge in [-0.05, 0) is 81.6 Å². The largest absolute Gasteiger partial charge is 0.496 e. The third-order valence-electron chi connectivity index (χ3n) is 6.82. The number of thioether (sulfide) groups is 1. The minimum absolute atomic E-state index is 0.0526. The van der Waals surface area contributed by atoms with Crippen molar-refractivity contribution in [1.82, 2.24) is 4.90 Å². The molecular weight excluding hydrogens is 460 g/mol. The summed E-state index contributed by atoms with van der Waals surface area (Å²) in [6.07, 6.45) is 2.82. The van der Waals surface area contributed by atoms with Crippen LogP contribution in [0, 0.1) is 6.92 Å². The van der Waals surface area contributed by atoms with Crippen molar-refractivity contribution in [3.05, 3.63) is 58.0 Å². The van der Waals surface area contributed by atoms with Gasteiger partial charge in [-0.2, -0.15) is 0 Å². The summed E-state index contributed by atoms with van der Waals surface area (Å²) in [5.41, 5.74) is 4.43. The van der Waals surface area contributed by atoms with Crippen LogP contribution in [0.15, 0.2) is 41.3 Å². The van der Waals surface area contributed by atoms with Gasteiger partial charge in [0.15, 0.2) is 0 Å². The van der Waals surface area contributed by atoms with E-state index in [-0.39, 0.29) is 29.8 Å². The van der Waals surface area contributed by atoms with Gasteiger partial charge in [0.05, 0.1) is 18.6 Å². The van der Waals surface area contributed by atoms with Crippen LogP contribution < -0.4 is 14.4 Å². The van der Waals surface area contributed by atoms with Gasteiger partial charge in [-0.1, -0.05) is 24.6 Å². The van der Waals surface area contributed by atoms with E-state index in [4.69, 9.17) is 9.47 Å². The molecule has 0 radical (unpaired) electrons. The fourth-order valence-corrected chi connectivity index (χ4v) is 5.99. The van der Waals surface area contributed by atoms with E-state index in [9.17, 15) is 9.59 Å². The maximum absolute atomic E-state index is 13.1. The Morgan fingerprint density at radius 1 is 1.17 bits per heavy atom. The summed E-state index contributed by atoms with van der Waals surface area (Å²) in [6.45, 7) is 12.3. The normalized spacial score (nSPS) is 20.4. The number of aryl methyl sites for hydroxylation is 1. The van der Waals surface area contributed by atoms with E-state index in [0.29, 0.717) is 16.6 Å². The standard InChI is InChI=1S/C28H34N2O4S/c1-7-30-23-16-24(33-6)20(14-22(23)19(3)17-28(30,4)5)15-25-26(31)29(27(32)35-25)12-13-34-21-10-8-18(2)9-11-21/h8-11,14-16,19H,7,12-13,17H2,1-6H3/b25-15+. The van der Waals surface area contributed by atoms with Crippen molar-refractivity contribution >= 4 is 34.7 Å². The van der Waals surface area contributed by atoms with Gasteiger partial charge in [-0.3, -0.25) is 14.5 Å². The quantitative estimate of drug-likeness (QED) is 0.425. The predicted octanol–water partition coefficient (Wildman–Crippen LogP) is 6.23. The second kappa shape index (κ2) is 9.97. The van der Waals surface area contributed by atoms with E-state index in [1.54, 1.807) is 13.2 Å². The van der Waals surface area contributed by atoms with Crippen LogP contribution in [-0.4, -0.2) is 48.4 Å². The molecule has 0 bridgehead atoms. The zero-order valence-electron chi connectivity index (χ0n) is 21.4. The molecule has 2 aromatic carbocycles. The molecule has 0 N–H and O–H groups in total. The smallest absolute Gasteiger partial charge is 0.293 e. The Bertz CT molecular complexity index is 1160. The van der Waals surface area contributed by atoms with Crippen LogP contribution in [0.3, 0.4) is 0 Å². The number of rotatable bonds is 7. The molecule has 0 aliphatic carbocycles. The molecule has 35 heavy (non-hydrogen) atoms. The molecule has 2 aliphatic rings. The molecule has 1 fully saturated rings. The number of anilines is 1. The highest BCUT2D eigenvalue weighted by molar-refractivity contribution is 8.18. The second-order valence-corrected chi connectivity index (χ2v) is 10.8. The Kier molecular flexibility index (Phi) is 7.17. The van der Waals surface area contributed by atoms with Crippen molar-refractivity contribution in [3.63, 3.8) is 0 Å². The predicted molar refractivity (Wildman–Crippen MR) is 142 cm³/mol. The van der Waals surface area contributed by atoms with E-state index < -0.39 is 0 Å². The number of fused-ring (bicyclic) bond motifs is 1. The number of carbonyl (C=O) groups excluding carboxylic acids is 2. The van der Waals surface area contributed by atoms with Crippen LogP contribution in [-0.2, 0) is 4.79 Å². The average Bonchev–Trinajstić information content (AvgIpc) is 3.07. The first-order chi connectivity index (χ1) is 16.6. The lowest BCUT2D eigenvalue weighted by atomic mass is 9.79. The Balaban J connectivity index is 1.55. The van der Waals surface area contributed by atoms with Crippen LogP contribution in [0.5, 0.6) is 11.5 Å².